The van der Waals surface area contributed by atoms with Gasteiger partial charge in [0.2, 0.25) is 0 Å². The minimum atomic E-state index is -0.990. The maximum absolute atomic E-state index is 13.1. The highest BCUT2D eigenvalue weighted by Gasteiger charge is 2.16. The molecule has 0 atom stereocenters. The normalized spacial score (nSPS) is 10.6. The quantitative estimate of drug-likeness (QED) is 0.862. The van der Waals surface area contributed by atoms with Crippen LogP contribution in [0, 0.1) is 5.82 Å². The summed E-state index contributed by atoms with van der Waals surface area (Å²) in [5, 5.41) is 12.5. The van der Waals surface area contributed by atoms with Gasteiger partial charge < -0.3 is 10.4 Å². The van der Waals surface area contributed by atoms with Gasteiger partial charge >= 0.3 is 5.97 Å². The van der Waals surface area contributed by atoms with E-state index in [1.807, 2.05) is 6.92 Å². The average molecular weight is 315 g/mol. The third-order valence-electron chi connectivity index (χ3n) is 2.55. The van der Waals surface area contributed by atoms with Gasteiger partial charge in [0, 0.05) is 5.69 Å². The molecule has 0 aliphatic heterocycles. The van der Waals surface area contributed by atoms with Crippen LogP contribution in [0.3, 0.4) is 0 Å². The first-order valence-electron chi connectivity index (χ1n) is 5.96. The van der Waals surface area contributed by atoms with E-state index in [1.165, 1.54) is 18.2 Å². The average Bonchev–Trinajstić information content (AvgIpc) is 2.77. The fraction of sp³-hybridized carbons (Fsp3) is 0.231. The van der Waals surface area contributed by atoms with Crippen LogP contribution in [-0.4, -0.2) is 16.1 Å². The Balaban J connectivity index is 2.26. The molecule has 0 radical (unpaired) electrons. The summed E-state index contributed by atoms with van der Waals surface area (Å²) in [5.41, 5.74) is 1.12. The zero-order valence-corrected chi connectivity index (χ0v) is 12.2. The molecule has 20 heavy (non-hydrogen) atoms. The number of halogens is 2. The van der Waals surface area contributed by atoms with Gasteiger partial charge in [0.05, 0.1) is 10.7 Å². The highest BCUT2D eigenvalue weighted by atomic mass is 35.5. The van der Waals surface area contributed by atoms with Crippen LogP contribution in [0.25, 0.3) is 0 Å². The number of rotatable bonds is 5. The number of benzene rings is 1. The summed E-state index contributed by atoms with van der Waals surface area (Å²) < 4.78 is 13.1. The van der Waals surface area contributed by atoms with E-state index in [1.54, 1.807) is 0 Å². The van der Waals surface area contributed by atoms with Crippen LogP contribution in [0.1, 0.15) is 28.7 Å². The lowest BCUT2D eigenvalue weighted by molar-refractivity contribution is 0.0700. The predicted octanol–water partition coefficient (Wildman–Crippen LogP) is 4.33. The predicted molar refractivity (Wildman–Crippen MR) is 77.8 cm³/mol. The number of hydrogen-bond donors (Lipinski definition) is 2. The van der Waals surface area contributed by atoms with Gasteiger partial charge in [-0.15, -0.1) is 0 Å². The van der Waals surface area contributed by atoms with Crippen molar-refractivity contribution in [3.8, 4) is 0 Å². The summed E-state index contributed by atoms with van der Waals surface area (Å²) >= 11 is 6.74. The van der Waals surface area contributed by atoms with E-state index in [9.17, 15) is 9.18 Å². The second-order valence-corrected chi connectivity index (χ2v) is 5.51. The van der Waals surface area contributed by atoms with Gasteiger partial charge in [-0.2, -0.15) is 0 Å². The number of carboxylic acid groups (broad SMARTS) is 1. The molecular weight excluding hydrogens is 303 g/mol. The van der Waals surface area contributed by atoms with Gasteiger partial charge in [-0.25, -0.2) is 14.2 Å². The molecule has 0 aliphatic rings. The molecule has 1 aromatic carbocycles. The van der Waals surface area contributed by atoms with Crippen LogP contribution in [0.15, 0.2) is 18.2 Å². The van der Waals surface area contributed by atoms with E-state index in [2.05, 4.69) is 10.3 Å². The second kappa shape index (κ2) is 6.19. The number of aryl methyl sites for hydroxylation is 1. The minimum Gasteiger partial charge on any atom is -0.477 e. The molecule has 0 unspecified atom stereocenters. The van der Waals surface area contributed by atoms with Crippen molar-refractivity contribution in [2.75, 3.05) is 5.32 Å². The lowest BCUT2D eigenvalue weighted by atomic mass is 10.2. The zero-order chi connectivity index (χ0) is 14.7. The third kappa shape index (κ3) is 3.26. The second-order valence-electron chi connectivity index (χ2n) is 4.10. The minimum absolute atomic E-state index is 0.00111. The van der Waals surface area contributed by atoms with Crippen molar-refractivity contribution in [1.29, 1.82) is 0 Å². The number of carbonyl (C=O) groups is 1. The number of anilines is 2. The van der Waals surface area contributed by atoms with E-state index in [-0.39, 0.29) is 9.90 Å². The summed E-state index contributed by atoms with van der Waals surface area (Å²) in [5.74, 6) is -1.50. The highest BCUT2D eigenvalue weighted by molar-refractivity contribution is 7.17. The molecule has 1 heterocycles. The number of nitrogens with one attached hydrogen (secondary N) is 1. The molecule has 4 nitrogen and oxygen atoms in total. The third-order valence-corrected chi connectivity index (χ3v) is 3.84. The Morgan fingerprint density at radius 1 is 1.55 bits per heavy atom. The van der Waals surface area contributed by atoms with Crippen molar-refractivity contribution in [3.05, 3.63) is 39.6 Å². The molecule has 2 rings (SSSR count). The fourth-order valence-corrected chi connectivity index (χ4v) is 2.73. The smallest absolute Gasteiger partial charge is 0.347 e. The summed E-state index contributed by atoms with van der Waals surface area (Å²) in [6.07, 6.45) is 1.41. The maximum Gasteiger partial charge on any atom is 0.347 e. The van der Waals surface area contributed by atoms with Crippen LogP contribution < -0.4 is 5.32 Å². The Morgan fingerprint density at radius 2 is 2.30 bits per heavy atom. The molecule has 0 amide bonds. The monoisotopic (exact) mass is 314 g/mol. The van der Waals surface area contributed by atoms with Crippen LogP contribution >= 0.6 is 22.9 Å². The number of hydrogen-bond acceptors (Lipinski definition) is 4. The lowest BCUT2D eigenvalue weighted by Gasteiger charge is -2.03. The highest BCUT2D eigenvalue weighted by Crippen LogP contribution is 2.28. The Hall–Kier alpha value is -1.66. The molecule has 0 spiro atoms. The molecular formula is C13H12ClFN2O2S. The summed E-state index contributed by atoms with van der Waals surface area (Å²) in [7, 11) is 0. The first-order valence-corrected chi connectivity index (χ1v) is 7.15. The van der Waals surface area contributed by atoms with E-state index in [4.69, 9.17) is 16.7 Å². The number of aromatic carboxylic acids is 1. The largest absolute Gasteiger partial charge is 0.477 e. The van der Waals surface area contributed by atoms with E-state index in [0.29, 0.717) is 22.9 Å². The molecule has 1 aromatic heterocycles. The van der Waals surface area contributed by atoms with E-state index in [0.717, 1.165) is 17.8 Å². The molecule has 0 fully saturated rings. The number of carboxylic acids is 1. The number of thiazole rings is 1. The zero-order valence-electron chi connectivity index (χ0n) is 10.6. The number of aromatic nitrogens is 1. The summed E-state index contributed by atoms with van der Waals surface area (Å²) in [6, 6.07) is 4.18. The van der Waals surface area contributed by atoms with Crippen LogP contribution in [-0.2, 0) is 6.42 Å². The summed E-state index contributed by atoms with van der Waals surface area (Å²) in [4.78, 5) is 15.6. The maximum atomic E-state index is 13.1. The SMILES string of the molecule is CCCc1nc(Nc2ccc(F)c(Cl)c2)sc1C(=O)O. The van der Waals surface area contributed by atoms with Gasteiger partial charge in [0.1, 0.15) is 10.7 Å². The van der Waals surface area contributed by atoms with Crippen LogP contribution in [0.5, 0.6) is 0 Å². The van der Waals surface area contributed by atoms with Crippen molar-refractivity contribution >= 4 is 39.7 Å². The summed E-state index contributed by atoms with van der Waals surface area (Å²) in [6.45, 7) is 1.96. The Bertz CT molecular complexity index is 645. The van der Waals surface area contributed by atoms with Crippen molar-refractivity contribution in [2.24, 2.45) is 0 Å². The van der Waals surface area contributed by atoms with Crippen molar-refractivity contribution in [3.63, 3.8) is 0 Å². The fourth-order valence-electron chi connectivity index (χ4n) is 1.68. The first-order chi connectivity index (χ1) is 9.51. The van der Waals surface area contributed by atoms with Gasteiger partial charge in [-0.05, 0) is 24.6 Å². The number of nitrogens with zero attached hydrogens (tertiary/aromatic N) is 1. The van der Waals surface area contributed by atoms with Crippen molar-refractivity contribution < 1.29 is 14.3 Å². The van der Waals surface area contributed by atoms with Gasteiger partial charge in [-0.3, -0.25) is 0 Å². The Morgan fingerprint density at radius 3 is 2.90 bits per heavy atom. The van der Waals surface area contributed by atoms with Crippen LogP contribution in [0.4, 0.5) is 15.2 Å². The molecule has 0 aliphatic carbocycles. The van der Waals surface area contributed by atoms with Crippen molar-refractivity contribution in [1.82, 2.24) is 4.98 Å². The molecule has 2 aromatic rings. The molecule has 7 heteroatoms. The topological polar surface area (TPSA) is 62.2 Å². The molecule has 0 saturated carbocycles. The molecule has 2 N–H and O–H groups in total. The Labute approximate surface area is 124 Å². The Kier molecular flexibility index (Phi) is 4.57. The van der Waals surface area contributed by atoms with Gasteiger partial charge in [-0.1, -0.05) is 36.3 Å². The first kappa shape index (κ1) is 14.7. The standard InChI is InChI=1S/C13H12ClFN2O2S/c1-2-3-10-11(12(18)19)20-13(17-10)16-7-4-5-9(15)8(14)6-7/h4-6H,2-3H2,1H3,(H,16,17)(H,18,19). The van der Waals surface area contributed by atoms with Gasteiger partial charge in [0.15, 0.2) is 5.13 Å². The molecule has 0 saturated heterocycles. The van der Waals surface area contributed by atoms with E-state index >= 15 is 0 Å². The van der Waals surface area contributed by atoms with Crippen LogP contribution in [0.2, 0.25) is 5.02 Å². The molecule has 0 bridgehead atoms. The van der Waals surface area contributed by atoms with E-state index < -0.39 is 11.8 Å². The van der Waals surface area contributed by atoms with Crippen molar-refractivity contribution in [2.45, 2.75) is 19.8 Å². The van der Waals surface area contributed by atoms with Gasteiger partial charge in [0.25, 0.3) is 0 Å². The lowest BCUT2D eigenvalue weighted by Crippen LogP contribution is -1.98. The molecule has 106 valence electrons.